The average Bonchev–Trinajstić information content (AvgIpc) is 3.86. The maximum absolute atomic E-state index is 15.4. The molecule has 49 heavy (non-hydrogen) atoms. The van der Waals surface area contributed by atoms with Crippen molar-refractivity contribution in [3.05, 3.63) is 100 Å². The number of amides is 1. The number of methoxy groups -OCH3 is 2. The summed E-state index contributed by atoms with van der Waals surface area (Å²) in [6.45, 7) is 4.76. The minimum absolute atomic E-state index is 0.135. The second kappa shape index (κ2) is 13.0. The first kappa shape index (κ1) is 33.5. The van der Waals surface area contributed by atoms with Crippen molar-refractivity contribution in [1.82, 2.24) is 19.7 Å². The van der Waals surface area contributed by atoms with Crippen LogP contribution in [0.3, 0.4) is 0 Å². The molecule has 3 aliphatic rings. The van der Waals surface area contributed by atoms with E-state index in [0.29, 0.717) is 53.2 Å². The topological polar surface area (TPSA) is 109 Å². The molecule has 2 saturated heterocycles. The molecule has 3 aliphatic heterocycles. The molecule has 0 aliphatic carbocycles. The zero-order valence-electron chi connectivity index (χ0n) is 27.4. The van der Waals surface area contributed by atoms with E-state index < -0.39 is 33.3 Å². The van der Waals surface area contributed by atoms with Gasteiger partial charge in [0.05, 0.1) is 42.1 Å². The summed E-state index contributed by atoms with van der Waals surface area (Å²) < 4.78 is 62.2. The third kappa shape index (κ3) is 5.57. The summed E-state index contributed by atoms with van der Waals surface area (Å²) in [5.41, 5.74) is -0.373. The zero-order chi connectivity index (χ0) is 34.5. The molecule has 2 atom stereocenters. The minimum Gasteiger partial charge on any atom is -0.497 e. The molecular formula is C35H37ClFN5O6S. The number of rotatable bonds is 9. The van der Waals surface area contributed by atoms with Crippen LogP contribution in [0.2, 0.25) is 5.02 Å². The number of aromatic nitrogens is 1. The largest absolute Gasteiger partial charge is 0.497 e. The summed E-state index contributed by atoms with van der Waals surface area (Å²) in [6, 6.07) is 13.2. The minimum atomic E-state index is -4.59. The first-order valence-electron chi connectivity index (χ1n) is 16.1. The van der Waals surface area contributed by atoms with Gasteiger partial charge in [0.2, 0.25) is 5.89 Å². The molecule has 2 fully saturated rings. The fourth-order valence-corrected chi connectivity index (χ4v) is 8.99. The van der Waals surface area contributed by atoms with Crippen LogP contribution >= 0.6 is 11.6 Å². The summed E-state index contributed by atoms with van der Waals surface area (Å²) in [5, 5.41) is -0.253. The molecule has 0 radical (unpaired) electrons. The monoisotopic (exact) mass is 709 g/mol. The number of likely N-dealkylation sites (tertiary alicyclic amines) is 1. The lowest BCUT2D eigenvalue weighted by Crippen LogP contribution is -2.54. The molecule has 4 heterocycles. The van der Waals surface area contributed by atoms with Crippen LogP contribution in [-0.2, 0) is 26.9 Å². The van der Waals surface area contributed by atoms with Gasteiger partial charge in [-0.25, -0.2) is 22.1 Å². The molecule has 0 saturated carbocycles. The van der Waals surface area contributed by atoms with E-state index in [0.717, 1.165) is 37.8 Å². The van der Waals surface area contributed by atoms with Crippen molar-refractivity contribution >= 4 is 33.2 Å². The van der Waals surface area contributed by atoms with E-state index in [2.05, 4.69) is 21.8 Å². The molecule has 0 bridgehead atoms. The van der Waals surface area contributed by atoms with E-state index >= 15 is 9.18 Å². The van der Waals surface area contributed by atoms with Crippen molar-refractivity contribution in [2.75, 3.05) is 58.3 Å². The highest BCUT2D eigenvalue weighted by Crippen LogP contribution is 2.57. The predicted molar refractivity (Wildman–Crippen MR) is 181 cm³/mol. The Morgan fingerprint density at radius 1 is 1.00 bits per heavy atom. The van der Waals surface area contributed by atoms with E-state index in [1.807, 2.05) is 23.1 Å². The number of anilines is 1. The van der Waals surface area contributed by atoms with E-state index in [9.17, 15) is 8.42 Å². The van der Waals surface area contributed by atoms with Crippen LogP contribution < -0.4 is 13.8 Å². The molecule has 4 aromatic rings. The van der Waals surface area contributed by atoms with Gasteiger partial charge in [-0.1, -0.05) is 23.7 Å². The molecule has 0 N–H and O–H groups in total. The zero-order valence-corrected chi connectivity index (χ0v) is 29.0. The number of hydrogen-bond donors (Lipinski definition) is 0. The highest BCUT2D eigenvalue weighted by atomic mass is 35.5. The summed E-state index contributed by atoms with van der Waals surface area (Å²) >= 11 is 6.47. The van der Waals surface area contributed by atoms with Crippen LogP contribution in [-0.4, -0.2) is 88.0 Å². The summed E-state index contributed by atoms with van der Waals surface area (Å²) in [4.78, 5) is 26.2. The number of halogens is 2. The maximum Gasteiger partial charge on any atom is 0.271 e. The van der Waals surface area contributed by atoms with Crippen molar-refractivity contribution in [2.24, 2.45) is 0 Å². The van der Waals surface area contributed by atoms with Gasteiger partial charge < -0.3 is 18.8 Å². The van der Waals surface area contributed by atoms with Gasteiger partial charge in [0.15, 0.2) is 5.54 Å². The van der Waals surface area contributed by atoms with Crippen molar-refractivity contribution < 1.29 is 31.5 Å². The van der Waals surface area contributed by atoms with Crippen LogP contribution in [0.4, 0.5) is 10.1 Å². The van der Waals surface area contributed by atoms with Crippen molar-refractivity contribution in [3.8, 4) is 11.5 Å². The maximum atomic E-state index is 15.4. The number of hydrogen-bond acceptors (Lipinski definition) is 10. The Balaban J connectivity index is 1.45. The average molecular weight is 710 g/mol. The number of benzene rings is 3. The molecule has 1 aromatic heterocycles. The van der Waals surface area contributed by atoms with E-state index in [1.165, 1.54) is 57.0 Å². The SMILES string of the molecule is COc1ccc(S(=O)(=O)N2C(=O)C(c3ccc(CN4CCN(C)CC4)cc3OC)(N3CCC[C@H]3c3ncco3)c3cc(Cl)c(F)cc32)cc1. The Kier molecular flexibility index (Phi) is 8.90. The Labute approximate surface area is 289 Å². The van der Waals surface area contributed by atoms with Gasteiger partial charge >= 0.3 is 0 Å². The van der Waals surface area contributed by atoms with Crippen molar-refractivity contribution in [1.29, 1.82) is 0 Å². The summed E-state index contributed by atoms with van der Waals surface area (Å²) in [7, 11) is 0.503. The highest BCUT2D eigenvalue weighted by molar-refractivity contribution is 7.93. The number of oxazole rings is 1. The van der Waals surface area contributed by atoms with E-state index in [1.54, 1.807) is 0 Å². The van der Waals surface area contributed by atoms with E-state index in [-0.39, 0.29) is 21.2 Å². The van der Waals surface area contributed by atoms with Crippen molar-refractivity contribution in [2.45, 2.75) is 35.9 Å². The Morgan fingerprint density at radius 2 is 1.76 bits per heavy atom. The lowest BCUT2D eigenvalue weighted by Gasteiger charge is -2.41. The second-order valence-electron chi connectivity index (χ2n) is 12.6. The molecule has 11 nitrogen and oxygen atoms in total. The number of piperazine rings is 1. The first-order valence-corrected chi connectivity index (χ1v) is 17.9. The third-order valence-electron chi connectivity index (χ3n) is 9.82. The number of sulfonamides is 1. The van der Waals surface area contributed by atoms with E-state index in [4.69, 9.17) is 25.5 Å². The number of nitrogens with zero attached hydrogens (tertiary/aromatic N) is 5. The van der Waals surface area contributed by atoms with Crippen LogP contribution in [0, 0.1) is 5.82 Å². The molecule has 258 valence electrons. The molecule has 7 rings (SSSR count). The van der Waals surface area contributed by atoms with Gasteiger partial charge in [-0.3, -0.25) is 14.6 Å². The molecular weight excluding hydrogens is 673 g/mol. The normalized spacial score (nSPS) is 22.1. The molecule has 0 spiro atoms. The smallest absolute Gasteiger partial charge is 0.271 e. The van der Waals surface area contributed by atoms with Gasteiger partial charge in [0, 0.05) is 56.5 Å². The third-order valence-corrected chi connectivity index (χ3v) is 11.8. The van der Waals surface area contributed by atoms with Crippen molar-refractivity contribution in [3.63, 3.8) is 0 Å². The molecule has 3 aromatic carbocycles. The number of carbonyl (C=O) groups excluding carboxylic acids is 1. The highest BCUT2D eigenvalue weighted by Gasteiger charge is 2.63. The van der Waals surface area contributed by atoms with Gasteiger partial charge in [0.1, 0.15) is 23.6 Å². The predicted octanol–water partition coefficient (Wildman–Crippen LogP) is 5.05. The standard InChI is InChI=1S/C35H37ClFN5O6S/c1-39-14-16-40(17-15-39)22-23-6-11-26(32(19-23)47-3)35(41-13-4-5-30(41)33-38-12-18-48-33)27-20-28(36)29(37)21-31(27)42(34(35)43)49(44,45)25-9-7-24(46-2)8-10-25/h6-12,18-21,30H,4-5,13-17,22H2,1-3H3/t30-,35?/m0/s1. The molecule has 1 amide bonds. The van der Waals surface area contributed by atoms with Crippen LogP contribution in [0.25, 0.3) is 0 Å². The second-order valence-corrected chi connectivity index (χ2v) is 14.8. The van der Waals surface area contributed by atoms with Crippen LogP contribution in [0.1, 0.15) is 41.5 Å². The number of fused-ring (bicyclic) bond motifs is 1. The lowest BCUT2D eigenvalue weighted by atomic mass is 9.80. The molecule has 1 unspecified atom stereocenters. The van der Waals surface area contributed by atoms with Gasteiger partial charge in [0.25, 0.3) is 15.9 Å². The van der Waals surface area contributed by atoms with Crippen LogP contribution in [0.15, 0.2) is 76.4 Å². The lowest BCUT2D eigenvalue weighted by molar-refractivity contribution is -0.127. The Bertz CT molecular complexity index is 1970. The van der Waals surface area contributed by atoms with Gasteiger partial charge in [-0.2, -0.15) is 0 Å². The van der Waals surface area contributed by atoms with Gasteiger partial charge in [-0.15, -0.1) is 0 Å². The first-order chi connectivity index (χ1) is 23.6. The quantitative estimate of drug-likeness (QED) is 0.234. The Hall–Kier alpha value is -4.01. The van der Waals surface area contributed by atoms with Gasteiger partial charge in [-0.05, 0) is 61.9 Å². The number of likely N-dealkylation sites (N-methyl/N-ethyl adjacent to an activating group) is 1. The van der Waals surface area contributed by atoms with Crippen LogP contribution in [0.5, 0.6) is 11.5 Å². The summed E-state index contributed by atoms with van der Waals surface area (Å²) in [5.74, 6) is -0.483. The number of ether oxygens (including phenoxy) is 2. The summed E-state index contributed by atoms with van der Waals surface area (Å²) in [6.07, 6.45) is 4.23. The Morgan fingerprint density at radius 3 is 2.43 bits per heavy atom. The number of carbonyl (C=O) groups is 1. The fourth-order valence-electron chi connectivity index (χ4n) is 7.37. The fraction of sp³-hybridized carbons (Fsp3) is 0.371. The molecule has 14 heteroatoms.